The Bertz CT molecular complexity index is 983. The second-order valence-electron chi connectivity index (χ2n) is 5.53. The number of nitro groups is 1. The van der Waals surface area contributed by atoms with E-state index in [0.717, 1.165) is 10.6 Å². The molecule has 0 unspecified atom stereocenters. The van der Waals surface area contributed by atoms with Gasteiger partial charge < -0.3 is 5.32 Å². The third-order valence-corrected chi connectivity index (χ3v) is 4.95. The molecule has 0 atom stereocenters. The van der Waals surface area contributed by atoms with Crippen molar-refractivity contribution in [2.75, 3.05) is 5.32 Å². The number of thioether (sulfide) groups is 1. The van der Waals surface area contributed by atoms with Crippen LogP contribution in [-0.2, 0) is 5.75 Å². The third-order valence-electron chi connectivity index (χ3n) is 3.61. The van der Waals surface area contributed by atoms with Crippen molar-refractivity contribution in [2.45, 2.75) is 10.8 Å². The minimum atomic E-state index is -0.616. The van der Waals surface area contributed by atoms with Crippen molar-refractivity contribution in [3.05, 3.63) is 93.1 Å². The fraction of sp³-hybridized carbons (Fsp3) is 0.0526. The molecular formula is C19H14ClN3O3S. The SMILES string of the molecule is O=C(Nc1cccc(CSc2ccccn2)c1)c1ccc(Cl)c([N+](=O)[O-])c1. The van der Waals surface area contributed by atoms with Gasteiger partial charge in [0.25, 0.3) is 11.6 Å². The van der Waals surface area contributed by atoms with E-state index in [1.165, 1.54) is 18.2 Å². The van der Waals surface area contributed by atoms with E-state index in [1.807, 2.05) is 36.4 Å². The predicted octanol–water partition coefficient (Wildman–Crippen LogP) is 5.19. The molecule has 0 fully saturated rings. The Balaban J connectivity index is 1.69. The first-order chi connectivity index (χ1) is 13.0. The van der Waals surface area contributed by atoms with Crippen LogP contribution in [0.3, 0.4) is 0 Å². The lowest BCUT2D eigenvalue weighted by molar-refractivity contribution is -0.384. The van der Waals surface area contributed by atoms with Crippen LogP contribution < -0.4 is 5.32 Å². The number of anilines is 1. The number of nitrogens with one attached hydrogen (secondary N) is 1. The number of halogens is 1. The molecule has 0 aliphatic heterocycles. The second-order valence-corrected chi connectivity index (χ2v) is 6.94. The molecule has 1 heterocycles. The summed E-state index contributed by atoms with van der Waals surface area (Å²) in [5.41, 5.74) is 1.49. The van der Waals surface area contributed by atoms with Crippen molar-refractivity contribution >= 4 is 40.6 Å². The van der Waals surface area contributed by atoms with Gasteiger partial charge in [0.2, 0.25) is 0 Å². The number of pyridine rings is 1. The molecule has 0 aliphatic rings. The lowest BCUT2D eigenvalue weighted by Gasteiger charge is -2.08. The molecule has 1 amide bonds. The Morgan fingerprint density at radius 2 is 2.00 bits per heavy atom. The largest absolute Gasteiger partial charge is 0.322 e. The molecule has 27 heavy (non-hydrogen) atoms. The van der Waals surface area contributed by atoms with Gasteiger partial charge >= 0.3 is 0 Å². The Morgan fingerprint density at radius 1 is 1.15 bits per heavy atom. The number of hydrogen-bond donors (Lipinski definition) is 1. The highest BCUT2D eigenvalue weighted by Gasteiger charge is 2.16. The summed E-state index contributed by atoms with van der Waals surface area (Å²) in [5, 5.41) is 14.6. The molecule has 0 saturated carbocycles. The molecule has 0 aliphatic carbocycles. The lowest BCUT2D eigenvalue weighted by Crippen LogP contribution is -2.12. The second kappa shape index (κ2) is 8.66. The molecule has 1 N–H and O–H groups in total. The minimum absolute atomic E-state index is 0.00917. The Hall–Kier alpha value is -2.90. The minimum Gasteiger partial charge on any atom is -0.322 e. The van der Waals surface area contributed by atoms with Crippen LogP contribution in [0.4, 0.5) is 11.4 Å². The van der Waals surface area contributed by atoms with Crippen molar-refractivity contribution in [1.29, 1.82) is 0 Å². The van der Waals surface area contributed by atoms with Crippen molar-refractivity contribution in [1.82, 2.24) is 4.98 Å². The zero-order valence-corrected chi connectivity index (χ0v) is 15.5. The summed E-state index contributed by atoms with van der Waals surface area (Å²) in [6.07, 6.45) is 1.74. The first kappa shape index (κ1) is 18.9. The molecule has 136 valence electrons. The number of carbonyl (C=O) groups is 1. The van der Waals surface area contributed by atoms with E-state index in [1.54, 1.807) is 24.0 Å². The molecule has 0 radical (unpaired) electrons. The summed E-state index contributed by atoms with van der Waals surface area (Å²) in [5.74, 6) is 0.261. The Labute approximate surface area is 164 Å². The van der Waals surface area contributed by atoms with Crippen molar-refractivity contribution in [3.8, 4) is 0 Å². The monoisotopic (exact) mass is 399 g/mol. The van der Waals surface area contributed by atoms with Gasteiger partial charge in [-0.15, -0.1) is 11.8 Å². The summed E-state index contributed by atoms with van der Waals surface area (Å²) in [7, 11) is 0. The zero-order chi connectivity index (χ0) is 19.2. The molecule has 3 rings (SSSR count). The molecule has 8 heteroatoms. The summed E-state index contributed by atoms with van der Waals surface area (Å²) < 4.78 is 0. The van der Waals surface area contributed by atoms with Crippen LogP contribution in [0.25, 0.3) is 0 Å². The molecule has 0 spiro atoms. The number of rotatable bonds is 6. The maximum Gasteiger partial charge on any atom is 0.288 e. The Kier molecular flexibility index (Phi) is 6.05. The first-order valence-corrected chi connectivity index (χ1v) is 9.27. The van der Waals surface area contributed by atoms with Crippen LogP contribution in [-0.4, -0.2) is 15.8 Å². The number of benzene rings is 2. The van der Waals surface area contributed by atoms with E-state index < -0.39 is 10.8 Å². The highest BCUT2D eigenvalue weighted by molar-refractivity contribution is 7.98. The van der Waals surface area contributed by atoms with Crippen LogP contribution in [0, 0.1) is 10.1 Å². The van der Waals surface area contributed by atoms with Gasteiger partial charge in [-0.05, 0) is 42.0 Å². The number of carbonyl (C=O) groups excluding carboxylic acids is 1. The molecule has 0 saturated heterocycles. The van der Waals surface area contributed by atoms with Crippen LogP contribution in [0.5, 0.6) is 0 Å². The molecular weight excluding hydrogens is 386 g/mol. The number of hydrogen-bond acceptors (Lipinski definition) is 5. The molecule has 1 aromatic heterocycles. The molecule has 6 nitrogen and oxygen atoms in total. The van der Waals surface area contributed by atoms with Gasteiger partial charge in [0.15, 0.2) is 0 Å². The predicted molar refractivity (Wildman–Crippen MR) is 106 cm³/mol. The average Bonchev–Trinajstić information content (AvgIpc) is 2.67. The highest BCUT2D eigenvalue weighted by Crippen LogP contribution is 2.26. The maximum atomic E-state index is 12.4. The maximum absolute atomic E-state index is 12.4. The van der Waals surface area contributed by atoms with Crippen LogP contribution in [0.2, 0.25) is 5.02 Å². The van der Waals surface area contributed by atoms with E-state index in [9.17, 15) is 14.9 Å². The summed E-state index contributed by atoms with van der Waals surface area (Å²) >= 11 is 7.37. The van der Waals surface area contributed by atoms with Gasteiger partial charge in [-0.25, -0.2) is 4.98 Å². The van der Waals surface area contributed by atoms with Crippen molar-refractivity contribution in [2.24, 2.45) is 0 Å². The number of nitrogens with zero attached hydrogens (tertiary/aromatic N) is 2. The summed E-state index contributed by atoms with van der Waals surface area (Å²) in [6, 6.07) is 17.1. The normalized spacial score (nSPS) is 10.4. The smallest absolute Gasteiger partial charge is 0.288 e. The number of amides is 1. The third kappa shape index (κ3) is 5.06. The van der Waals surface area contributed by atoms with E-state index in [-0.39, 0.29) is 16.3 Å². The van der Waals surface area contributed by atoms with E-state index in [0.29, 0.717) is 11.4 Å². The molecule has 0 bridgehead atoms. The summed E-state index contributed by atoms with van der Waals surface area (Å²) in [6.45, 7) is 0. The first-order valence-electron chi connectivity index (χ1n) is 7.91. The Morgan fingerprint density at radius 3 is 2.74 bits per heavy atom. The lowest BCUT2D eigenvalue weighted by atomic mass is 10.1. The fourth-order valence-corrected chi connectivity index (χ4v) is 3.32. The summed E-state index contributed by atoms with van der Waals surface area (Å²) in [4.78, 5) is 27.0. The molecule has 3 aromatic rings. The zero-order valence-electron chi connectivity index (χ0n) is 14.0. The average molecular weight is 400 g/mol. The van der Waals surface area contributed by atoms with E-state index in [2.05, 4.69) is 10.3 Å². The van der Waals surface area contributed by atoms with Crippen LogP contribution in [0.1, 0.15) is 15.9 Å². The van der Waals surface area contributed by atoms with Crippen LogP contribution in [0.15, 0.2) is 71.9 Å². The topological polar surface area (TPSA) is 85.1 Å². The van der Waals surface area contributed by atoms with Gasteiger partial charge in [0.05, 0.1) is 9.95 Å². The molecule has 2 aromatic carbocycles. The van der Waals surface area contributed by atoms with E-state index in [4.69, 9.17) is 11.6 Å². The van der Waals surface area contributed by atoms with Gasteiger partial charge in [0, 0.05) is 29.3 Å². The fourth-order valence-electron chi connectivity index (χ4n) is 2.33. The van der Waals surface area contributed by atoms with Gasteiger partial charge in [0.1, 0.15) is 5.02 Å². The highest BCUT2D eigenvalue weighted by atomic mass is 35.5. The van der Waals surface area contributed by atoms with Crippen molar-refractivity contribution < 1.29 is 9.72 Å². The quantitative estimate of drug-likeness (QED) is 0.350. The van der Waals surface area contributed by atoms with Crippen LogP contribution >= 0.6 is 23.4 Å². The van der Waals surface area contributed by atoms with Gasteiger partial charge in [-0.3, -0.25) is 14.9 Å². The van der Waals surface area contributed by atoms with Gasteiger partial charge in [-0.2, -0.15) is 0 Å². The number of nitro benzene ring substituents is 1. The van der Waals surface area contributed by atoms with Crippen molar-refractivity contribution in [3.63, 3.8) is 0 Å². The van der Waals surface area contributed by atoms with E-state index >= 15 is 0 Å². The standard InChI is InChI=1S/C19H14ClN3O3S/c20-16-8-7-14(11-17(16)23(25)26)19(24)22-15-5-3-4-13(10-15)12-27-18-6-1-2-9-21-18/h1-11H,12H2,(H,22,24). The van der Waals surface area contributed by atoms with Gasteiger partial charge in [-0.1, -0.05) is 29.8 Å². The number of aromatic nitrogens is 1.